The Labute approximate surface area is 391 Å². The van der Waals surface area contributed by atoms with Crippen LogP contribution in [-0.4, -0.2) is 19.9 Å². The topological polar surface area (TPSA) is 77.8 Å². The molecule has 0 saturated heterocycles. The Bertz CT molecular complexity index is 3640. The molecule has 318 valence electrons. The Morgan fingerprint density at radius 1 is 0.206 bits per heavy atom. The summed E-state index contributed by atoms with van der Waals surface area (Å²) in [5, 5.41) is 4.11. The van der Waals surface area contributed by atoms with Crippen molar-refractivity contribution in [3.05, 3.63) is 231 Å². The molecule has 0 fully saturated rings. The number of hydrogen-bond donors (Lipinski definition) is 0. The van der Waals surface area contributed by atoms with Crippen LogP contribution in [0.15, 0.2) is 239 Å². The first-order chi connectivity index (χ1) is 33.6. The summed E-state index contributed by atoms with van der Waals surface area (Å²) in [4.78, 5) is 20.4. The molecule has 68 heavy (non-hydrogen) atoms. The molecular formula is C62H38N4O2. The highest BCUT2D eigenvalue weighted by Gasteiger charge is 2.18. The third-order valence-corrected chi connectivity index (χ3v) is 12.7. The predicted molar refractivity (Wildman–Crippen MR) is 276 cm³/mol. The van der Waals surface area contributed by atoms with E-state index in [1.165, 1.54) is 0 Å². The van der Waals surface area contributed by atoms with Crippen LogP contribution in [0.25, 0.3) is 134 Å². The van der Waals surface area contributed by atoms with Crippen molar-refractivity contribution in [3.63, 3.8) is 0 Å². The van der Waals surface area contributed by atoms with E-state index in [1.807, 2.05) is 78.9 Å². The number of benzene rings is 9. The van der Waals surface area contributed by atoms with E-state index in [2.05, 4.69) is 152 Å². The average molecular weight is 871 g/mol. The molecule has 0 N–H and O–H groups in total. The van der Waals surface area contributed by atoms with E-state index in [0.717, 1.165) is 122 Å². The van der Waals surface area contributed by atoms with Gasteiger partial charge < -0.3 is 8.83 Å². The average Bonchev–Trinajstić information content (AvgIpc) is 3.97. The van der Waals surface area contributed by atoms with Gasteiger partial charge in [0.15, 0.2) is 11.6 Å². The zero-order chi connectivity index (χ0) is 45.0. The monoisotopic (exact) mass is 870 g/mol. The maximum Gasteiger partial charge on any atom is 0.160 e. The summed E-state index contributed by atoms with van der Waals surface area (Å²) in [7, 11) is 0. The quantitative estimate of drug-likeness (QED) is 0.151. The fourth-order valence-electron chi connectivity index (χ4n) is 9.26. The third kappa shape index (κ3) is 7.18. The minimum absolute atomic E-state index is 0.671. The van der Waals surface area contributed by atoms with E-state index in [1.54, 1.807) is 0 Å². The van der Waals surface area contributed by atoms with E-state index in [0.29, 0.717) is 11.6 Å². The van der Waals surface area contributed by atoms with Crippen LogP contribution in [0.3, 0.4) is 0 Å². The summed E-state index contributed by atoms with van der Waals surface area (Å²) in [6, 6.07) is 79.2. The van der Waals surface area contributed by atoms with Crippen LogP contribution < -0.4 is 0 Å². The number of hydrogen-bond acceptors (Lipinski definition) is 6. The first-order valence-corrected chi connectivity index (χ1v) is 22.7. The summed E-state index contributed by atoms with van der Waals surface area (Å²) in [5.74, 6) is 1.34. The van der Waals surface area contributed by atoms with Gasteiger partial charge in [0.05, 0.1) is 22.8 Å². The van der Waals surface area contributed by atoms with Gasteiger partial charge in [0.25, 0.3) is 0 Å². The maximum absolute atomic E-state index is 6.48. The van der Waals surface area contributed by atoms with Gasteiger partial charge in [-0.25, -0.2) is 19.9 Å². The standard InChI is InChI=1S/C62H38N4O2/c1-5-15-39(16-6-1)53-36-54(40-17-7-2-8-18-40)64-61(63-53)47-25-13-23-43(31-47)45-27-29-57-49(33-45)51-35-52-50-34-46(28-30-58(50)68-60(52)38-59(51)67-57)44-24-14-26-48(32-44)62-65-55(41-19-9-3-10-20-41)37-56(66-62)42-21-11-4-12-22-42/h1-38H. The van der Waals surface area contributed by atoms with E-state index < -0.39 is 0 Å². The molecule has 0 unspecified atom stereocenters. The van der Waals surface area contributed by atoms with Crippen molar-refractivity contribution in [1.82, 2.24) is 19.9 Å². The van der Waals surface area contributed by atoms with Crippen molar-refractivity contribution in [2.24, 2.45) is 0 Å². The Morgan fingerprint density at radius 3 is 0.882 bits per heavy atom. The number of aromatic nitrogens is 4. The zero-order valence-corrected chi connectivity index (χ0v) is 36.5. The molecule has 0 radical (unpaired) electrons. The van der Waals surface area contributed by atoms with Crippen LogP contribution >= 0.6 is 0 Å². The molecule has 9 aromatic carbocycles. The summed E-state index contributed by atoms with van der Waals surface area (Å²) < 4.78 is 13.0. The molecule has 4 heterocycles. The molecule has 0 amide bonds. The largest absolute Gasteiger partial charge is 0.456 e. The molecule has 0 spiro atoms. The molecule has 0 aliphatic rings. The fraction of sp³-hybridized carbons (Fsp3) is 0. The van der Waals surface area contributed by atoms with Crippen molar-refractivity contribution in [2.45, 2.75) is 0 Å². The number of fused-ring (bicyclic) bond motifs is 6. The third-order valence-electron chi connectivity index (χ3n) is 12.7. The van der Waals surface area contributed by atoms with Crippen molar-refractivity contribution in [3.8, 4) is 90.1 Å². The van der Waals surface area contributed by atoms with Gasteiger partial charge in [-0.1, -0.05) is 170 Å². The number of furan rings is 2. The zero-order valence-electron chi connectivity index (χ0n) is 36.5. The first-order valence-electron chi connectivity index (χ1n) is 22.7. The molecule has 6 heteroatoms. The van der Waals surface area contributed by atoms with Crippen molar-refractivity contribution in [1.29, 1.82) is 0 Å². The molecule has 0 aliphatic carbocycles. The molecule has 4 aromatic heterocycles. The van der Waals surface area contributed by atoms with Crippen LogP contribution in [-0.2, 0) is 0 Å². The molecule has 0 bridgehead atoms. The van der Waals surface area contributed by atoms with Gasteiger partial charge in [0.1, 0.15) is 22.3 Å². The highest BCUT2D eigenvalue weighted by Crippen LogP contribution is 2.40. The molecule has 0 aliphatic heterocycles. The second-order valence-corrected chi connectivity index (χ2v) is 17.0. The Balaban J connectivity index is 0.872. The molecule has 6 nitrogen and oxygen atoms in total. The SMILES string of the molecule is c1ccc(-c2cc(-c3ccccc3)nc(-c3cccc(-c4ccc5oc6cc7oc8ccc(-c9cccc(-c%10nc(-c%11ccccc%11)cc(-c%11ccccc%11)n%10)c9)cc8c7cc6c5c4)c3)n2)cc1. The molecular weight excluding hydrogens is 833 g/mol. The van der Waals surface area contributed by atoms with Gasteiger partial charge in [-0.15, -0.1) is 0 Å². The lowest BCUT2D eigenvalue weighted by atomic mass is 9.99. The number of nitrogens with zero attached hydrogens (tertiary/aromatic N) is 4. The van der Waals surface area contributed by atoms with E-state index in [-0.39, 0.29) is 0 Å². The summed E-state index contributed by atoms with van der Waals surface area (Å²) in [5.41, 5.74) is 17.0. The molecule has 0 atom stereocenters. The molecule has 13 aromatic rings. The molecule has 13 rings (SSSR count). The fourth-order valence-corrected chi connectivity index (χ4v) is 9.26. The number of rotatable bonds is 8. The Kier molecular flexibility index (Phi) is 9.39. The molecule has 0 saturated carbocycles. The lowest BCUT2D eigenvalue weighted by Gasteiger charge is -2.10. The summed E-state index contributed by atoms with van der Waals surface area (Å²) in [6.07, 6.45) is 0. The van der Waals surface area contributed by atoms with E-state index in [9.17, 15) is 0 Å². The van der Waals surface area contributed by atoms with Gasteiger partial charge in [0, 0.05) is 61.0 Å². The smallest absolute Gasteiger partial charge is 0.160 e. The minimum Gasteiger partial charge on any atom is -0.456 e. The van der Waals surface area contributed by atoms with Gasteiger partial charge in [-0.3, -0.25) is 0 Å². The lowest BCUT2D eigenvalue weighted by molar-refractivity contribution is 0.656. The van der Waals surface area contributed by atoms with Gasteiger partial charge in [-0.05, 0) is 76.9 Å². The van der Waals surface area contributed by atoms with Crippen LogP contribution in [0.5, 0.6) is 0 Å². The normalized spacial score (nSPS) is 11.5. The van der Waals surface area contributed by atoms with Gasteiger partial charge in [0.2, 0.25) is 0 Å². The van der Waals surface area contributed by atoms with Crippen LogP contribution in [0.4, 0.5) is 0 Å². The van der Waals surface area contributed by atoms with E-state index >= 15 is 0 Å². The van der Waals surface area contributed by atoms with Crippen LogP contribution in [0, 0.1) is 0 Å². The second-order valence-electron chi connectivity index (χ2n) is 17.0. The first kappa shape index (κ1) is 39.1. The predicted octanol–water partition coefficient (Wildman–Crippen LogP) is 16.4. The summed E-state index contributed by atoms with van der Waals surface area (Å²) >= 11 is 0. The van der Waals surface area contributed by atoms with Gasteiger partial charge in [-0.2, -0.15) is 0 Å². The van der Waals surface area contributed by atoms with Crippen LogP contribution in [0.1, 0.15) is 0 Å². The van der Waals surface area contributed by atoms with E-state index in [4.69, 9.17) is 28.8 Å². The van der Waals surface area contributed by atoms with Gasteiger partial charge >= 0.3 is 0 Å². The highest BCUT2D eigenvalue weighted by atomic mass is 16.3. The van der Waals surface area contributed by atoms with Crippen molar-refractivity contribution < 1.29 is 8.83 Å². The highest BCUT2D eigenvalue weighted by molar-refractivity contribution is 6.16. The second kappa shape index (κ2) is 16.3. The Hall–Kier alpha value is -9.26. The van der Waals surface area contributed by atoms with Crippen LogP contribution in [0.2, 0.25) is 0 Å². The van der Waals surface area contributed by atoms with Crippen molar-refractivity contribution in [2.75, 3.05) is 0 Å². The van der Waals surface area contributed by atoms with Crippen molar-refractivity contribution >= 4 is 43.9 Å². The Morgan fingerprint density at radius 2 is 0.515 bits per heavy atom. The summed E-state index contributed by atoms with van der Waals surface area (Å²) in [6.45, 7) is 0. The maximum atomic E-state index is 6.48. The minimum atomic E-state index is 0.671. The lowest BCUT2D eigenvalue weighted by Crippen LogP contribution is -1.96.